The van der Waals surface area contributed by atoms with E-state index in [1.54, 1.807) is 7.05 Å². The van der Waals surface area contributed by atoms with Gasteiger partial charge in [0, 0.05) is 7.05 Å². The maximum atomic E-state index is 12.7. The Morgan fingerprint density at radius 3 is 2.63 bits per heavy atom. The molecule has 19 heavy (non-hydrogen) atoms. The second kappa shape index (κ2) is 5.05. The van der Waals surface area contributed by atoms with Crippen LogP contribution >= 0.6 is 11.8 Å². The molecular formula is C9H9F3N6S. The highest BCUT2D eigenvalue weighted by Crippen LogP contribution is 2.34. The molecule has 0 aliphatic heterocycles. The molecule has 10 heteroatoms. The van der Waals surface area contributed by atoms with E-state index < -0.39 is 11.7 Å². The van der Waals surface area contributed by atoms with Gasteiger partial charge in [-0.15, -0.1) is 0 Å². The van der Waals surface area contributed by atoms with Crippen molar-refractivity contribution in [3.63, 3.8) is 0 Å². The molecule has 0 fully saturated rings. The Hall–Kier alpha value is -1.81. The van der Waals surface area contributed by atoms with Crippen molar-refractivity contribution in [3.05, 3.63) is 24.0 Å². The Morgan fingerprint density at radius 1 is 1.37 bits per heavy atom. The molecule has 3 N–H and O–H groups in total. The van der Waals surface area contributed by atoms with Gasteiger partial charge in [-0.05, 0) is 23.9 Å². The van der Waals surface area contributed by atoms with Gasteiger partial charge in [0.15, 0.2) is 5.16 Å². The quantitative estimate of drug-likeness (QED) is 0.661. The number of hydrazine groups is 1. The van der Waals surface area contributed by atoms with Crippen molar-refractivity contribution in [2.24, 2.45) is 12.9 Å². The van der Waals surface area contributed by atoms with Crippen molar-refractivity contribution >= 4 is 17.6 Å². The van der Waals surface area contributed by atoms with E-state index in [-0.39, 0.29) is 10.8 Å². The zero-order chi connectivity index (χ0) is 14.0. The van der Waals surface area contributed by atoms with Crippen LogP contribution in [-0.4, -0.2) is 19.7 Å². The highest BCUT2D eigenvalue weighted by atomic mass is 32.2. The number of alkyl halides is 3. The smallest absolute Gasteiger partial charge is 0.308 e. The van der Waals surface area contributed by atoms with Crippen LogP contribution in [0.1, 0.15) is 5.56 Å². The summed E-state index contributed by atoms with van der Waals surface area (Å²) in [5, 5.41) is 4.37. The number of hydrogen-bond acceptors (Lipinski definition) is 6. The van der Waals surface area contributed by atoms with E-state index in [1.165, 1.54) is 11.0 Å². The molecule has 2 rings (SSSR count). The molecule has 0 bridgehead atoms. The lowest BCUT2D eigenvalue weighted by atomic mass is 10.2. The second-order valence-electron chi connectivity index (χ2n) is 3.49. The predicted molar refractivity (Wildman–Crippen MR) is 62.2 cm³/mol. The van der Waals surface area contributed by atoms with Gasteiger partial charge in [-0.3, -0.25) is 0 Å². The maximum absolute atomic E-state index is 12.7. The third kappa shape index (κ3) is 3.15. The summed E-state index contributed by atoms with van der Waals surface area (Å²) in [5.74, 6) is 5.04. The molecule has 102 valence electrons. The molecule has 0 spiro atoms. The second-order valence-corrected chi connectivity index (χ2v) is 4.48. The molecule has 0 unspecified atom stereocenters. The molecule has 0 amide bonds. The number of nitrogen functional groups attached to an aromatic ring is 1. The van der Waals surface area contributed by atoms with Crippen molar-refractivity contribution < 1.29 is 13.2 Å². The Bertz CT molecular complexity index is 582. The van der Waals surface area contributed by atoms with Crippen LogP contribution < -0.4 is 11.3 Å². The lowest BCUT2D eigenvalue weighted by molar-refractivity contribution is -0.137. The fourth-order valence-electron chi connectivity index (χ4n) is 1.27. The van der Waals surface area contributed by atoms with E-state index in [2.05, 4.69) is 20.5 Å². The van der Waals surface area contributed by atoms with Gasteiger partial charge in [-0.1, -0.05) is 0 Å². The molecular weight excluding hydrogens is 281 g/mol. The molecule has 0 aliphatic carbocycles. The first-order valence-electron chi connectivity index (χ1n) is 4.98. The first-order valence-corrected chi connectivity index (χ1v) is 5.79. The van der Waals surface area contributed by atoms with Gasteiger partial charge in [0.2, 0.25) is 0 Å². The molecule has 0 aliphatic rings. The van der Waals surface area contributed by atoms with Crippen molar-refractivity contribution in [3.8, 4) is 0 Å². The number of pyridine rings is 1. The molecule has 6 nitrogen and oxygen atoms in total. The van der Waals surface area contributed by atoms with Gasteiger partial charge >= 0.3 is 6.18 Å². The maximum Gasteiger partial charge on any atom is 0.416 e. The summed E-state index contributed by atoms with van der Waals surface area (Å²) >= 11 is 0.963. The van der Waals surface area contributed by atoms with Crippen molar-refractivity contribution in [2.45, 2.75) is 16.4 Å². The van der Waals surface area contributed by atoms with Gasteiger partial charge in [0.25, 0.3) is 0 Å². The molecule has 0 atom stereocenters. The number of halogens is 3. The molecule has 0 saturated heterocycles. The van der Waals surface area contributed by atoms with E-state index in [4.69, 9.17) is 5.84 Å². The predicted octanol–water partition coefficient (Wildman–Crippen LogP) is 1.67. The number of rotatable bonds is 3. The SMILES string of the molecule is Cn1ncnc1Sc1cc(C(F)(F)F)cc(NN)n1. The van der Waals surface area contributed by atoms with Crippen LogP contribution in [0.4, 0.5) is 19.0 Å². The lowest BCUT2D eigenvalue weighted by Gasteiger charge is -2.10. The summed E-state index contributed by atoms with van der Waals surface area (Å²) in [6.45, 7) is 0. The molecule has 0 saturated carbocycles. The van der Waals surface area contributed by atoms with Crippen LogP contribution in [0.3, 0.4) is 0 Å². The minimum atomic E-state index is -4.47. The Morgan fingerprint density at radius 2 is 2.11 bits per heavy atom. The molecule has 0 radical (unpaired) electrons. The molecule has 0 aromatic carbocycles. The lowest BCUT2D eigenvalue weighted by Crippen LogP contribution is -2.12. The number of hydrogen-bond donors (Lipinski definition) is 2. The highest BCUT2D eigenvalue weighted by Gasteiger charge is 2.31. The first-order chi connectivity index (χ1) is 8.90. The van der Waals surface area contributed by atoms with Crippen LogP contribution in [0.2, 0.25) is 0 Å². The summed E-state index contributed by atoms with van der Waals surface area (Å²) in [5.41, 5.74) is 1.27. The molecule has 2 aromatic heterocycles. The van der Waals surface area contributed by atoms with E-state index in [9.17, 15) is 13.2 Å². The van der Waals surface area contributed by atoms with Crippen molar-refractivity contribution in [1.29, 1.82) is 0 Å². The summed E-state index contributed by atoms with van der Waals surface area (Å²) < 4.78 is 39.5. The van der Waals surface area contributed by atoms with Gasteiger partial charge < -0.3 is 5.43 Å². The van der Waals surface area contributed by atoms with Gasteiger partial charge in [0.1, 0.15) is 17.2 Å². The van der Waals surface area contributed by atoms with Crippen molar-refractivity contribution in [1.82, 2.24) is 19.7 Å². The van der Waals surface area contributed by atoms with E-state index in [0.717, 1.165) is 23.9 Å². The number of anilines is 1. The average molecular weight is 290 g/mol. The van der Waals surface area contributed by atoms with Crippen LogP contribution in [0.25, 0.3) is 0 Å². The minimum Gasteiger partial charge on any atom is -0.308 e. The Balaban J connectivity index is 2.37. The normalized spacial score (nSPS) is 11.6. The zero-order valence-corrected chi connectivity index (χ0v) is 10.5. The largest absolute Gasteiger partial charge is 0.416 e. The molecule has 2 aromatic rings. The third-order valence-corrected chi connectivity index (χ3v) is 3.11. The molecule has 2 heterocycles. The number of aryl methyl sites for hydroxylation is 1. The number of aromatic nitrogens is 4. The monoisotopic (exact) mass is 290 g/mol. The van der Waals surface area contributed by atoms with Crippen LogP contribution in [0.5, 0.6) is 0 Å². The summed E-state index contributed by atoms with van der Waals surface area (Å²) in [6.07, 6.45) is -3.16. The number of nitrogens with zero attached hydrogens (tertiary/aromatic N) is 4. The van der Waals surface area contributed by atoms with E-state index >= 15 is 0 Å². The van der Waals surface area contributed by atoms with Crippen LogP contribution in [-0.2, 0) is 13.2 Å². The average Bonchev–Trinajstić information content (AvgIpc) is 2.73. The third-order valence-electron chi connectivity index (χ3n) is 2.14. The van der Waals surface area contributed by atoms with Crippen molar-refractivity contribution in [2.75, 3.05) is 5.43 Å². The Labute approximate surface area is 110 Å². The van der Waals surface area contributed by atoms with Gasteiger partial charge in [-0.25, -0.2) is 20.5 Å². The standard InChI is InChI=1S/C9H9F3N6S/c1-18-8(14-4-15-18)19-7-3-5(9(10,11)12)2-6(16-7)17-13/h2-4H,13H2,1H3,(H,16,17). The Kier molecular flexibility index (Phi) is 3.62. The number of nitrogens with two attached hydrogens (primary N) is 1. The van der Waals surface area contributed by atoms with E-state index in [0.29, 0.717) is 5.16 Å². The van der Waals surface area contributed by atoms with Crippen LogP contribution in [0, 0.1) is 0 Å². The topological polar surface area (TPSA) is 81.7 Å². The fraction of sp³-hybridized carbons (Fsp3) is 0.222. The first kappa shape index (κ1) is 13.6. The number of nitrogens with one attached hydrogen (secondary N) is 1. The fourth-order valence-corrected chi connectivity index (χ4v) is 2.06. The van der Waals surface area contributed by atoms with Crippen LogP contribution in [0.15, 0.2) is 28.6 Å². The minimum absolute atomic E-state index is 0.0699. The van der Waals surface area contributed by atoms with Gasteiger partial charge in [-0.2, -0.15) is 18.3 Å². The van der Waals surface area contributed by atoms with E-state index in [1.807, 2.05) is 0 Å². The highest BCUT2D eigenvalue weighted by molar-refractivity contribution is 7.99. The zero-order valence-electron chi connectivity index (χ0n) is 9.64. The summed E-state index contributed by atoms with van der Waals surface area (Å²) in [4.78, 5) is 7.83. The summed E-state index contributed by atoms with van der Waals surface area (Å²) in [7, 11) is 1.63. The summed E-state index contributed by atoms with van der Waals surface area (Å²) in [6, 6.07) is 1.76. The van der Waals surface area contributed by atoms with Gasteiger partial charge in [0.05, 0.1) is 5.56 Å².